The fraction of sp³-hybridized carbons (Fsp3) is 0.600. The highest BCUT2D eigenvalue weighted by Gasteiger charge is 2.33. The SMILES string of the molecule is CP(C)(=O)c1nc(C2CCN(C3CNC3)CC2)cc2c1OCc1c(N3CCOCC3)ccnc1N2. The molecule has 2 aromatic heterocycles. The average Bonchev–Trinajstić information content (AvgIpc) is 3.02. The summed E-state index contributed by atoms with van der Waals surface area (Å²) in [5.74, 6) is 1.75. The first-order valence-electron chi connectivity index (χ1n) is 12.7. The third-order valence-electron chi connectivity index (χ3n) is 7.71. The van der Waals surface area contributed by atoms with Crippen molar-refractivity contribution in [1.29, 1.82) is 0 Å². The second-order valence-corrected chi connectivity index (χ2v) is 13.5. The highest BCUT2D eigenvalue weighted by Crippen LogP contribution is 2.45. The van der Waals surface area contributed by atoms with Gasteiger partial charge in [0.25, 0.3) is 0 Å². The van der Waals surface area contributed by atoms with Crippen molar-refractivity contribution in [2.45, 2.75) is 31.4 Å². The number of hydrogen-bond donors (Lipinski definition) is 2. The number of nitrogens with zero attached hydrogens (tertiary/aromatic N) is 4. The first kappa shape index (κ1) is 23.2. The fourth-order valence-corrected chi connectivity index (χ4v) is 6.58. The summed E-state index contributed by atoms with van der Waals surface area (Å²) in [4.78, 5) is 14.6. The lowest BCUT2D eigenvalue weighted by atomic mass is 9.91. The molecule has 9 nitrogen and oxygen atoms in total. The van der Waals surface area contributed by atoms with Crippen molar-refractivity contribution in [2.24, 2.45) is 0 Å². The Labute approximate surface area is 207 Å². The molecule has 35 heavy (non-hydrogen) atoms. The lowest BCUT2D eigenvalue weighted by molar-refractivity contribution is 0.112. The van der Waals surface area contributed by atoms with Crippen LogP contribution in [0.4, 0.5) is 17.2 Å². The molecule has 188 valence electrons. The second-order valence-electron chi connectivity index (χ2n) is 10.4. The summed E-state index contributed by atoms with van der Waals surface area (Å²) < 4.78 is 25.3. The van der Waals surface area contributed by atoms with Gasteiger partial charge in [-0.2, -0.15) is 0 Å². The van der Waals surface area contributed by atoms with Gasteiger partial charge in [-0.25, -0.2) is 9.97 Å². The normalized spacial score (nSPS) is 21.8. The summed E-state index contributed by atoms with van der Waals surface area (Å²) in [6, 6.07) is 4.83. The Hall–Kier alpha value is -2.19. The smallest absolute Gasteiger partial charge is 0.172 e. The van der Waals surface area contributed by atoms with Gasteiger partial charge in [0.1, 0.15) is 25.0 Å². The van der Waals surface area contributed by atoms with Crippen LogP contribution in [0.3, 0.4) is 0 Å². The number of nitrogens with one attached hydrogen (secondary N) is 2. The van der Waals surface area contributed by atoms with E-state index in [9.17, 15) is 4.57 Å². The lowest BCUT2D eigenvalue weighted by Gasteiger charge is -2.42. The number of hydrogen-bond acceptors (Lipinski definition) is 9. The number of pyridine rings is 2. The molecular formula is C25H35N6O3P. The van der Waals surface area contributed by atoms with Gasteiger partial charge < -0.3 is 29.6 Å². The molecule has 3 fully saturated rings. The molecule has 0 radical (unpaired) electrons. The molecule has 3 saturated heterocycles. The number of rotatable bonds is 4. The van der Waals surface area contributed by atoms with Gasteiger partial charge in [0.2, 0.25) is 0 Å². The van der Waals surface area contributed by atoms with Crippen molar-refractivity contribution in [1.82, 2.24) is 20.2 Å². The standard InChI is InChI=1S/C25H35N6O3P/c1-35(2,32)25-23-21(13-20(29-25)17-4-7-30(8-5-17)18-14-26-15-18)28-24-19(16-34-23)22(3-6-27-24)31-9-11-33-12-10-31/h3,6,13,17-18,26H,4-5,7-12,14-16H2,1-2H3,(H,27,28). The van der Waals surface area contributed by atoms with Gasteiger partial charge in [0.05, 0.1) is 24.5 Å². The zero-order chi connectivity index (χ0) is 24.0. The number of morpholine rings is 1. The summed E-state index contributed by atoms with van der Waals surface area (Å²) in [6.45, 7) is 11.4. The zero-order valence-electron chi connectivity index (χ0n) is 20.6. The highest BCUT2D eigenvalue weighted by molar-refractivity contribution is 7.70. The van der Waals surface area contributed by atoms with Gasteiger partial charge in [-0.1, -0.05) is 0 Å². The molecule has 4 aliphatic rings. The minimum Gasteiger partial charge on any atom is -0.484 e. The monoisotopic (exact) mass is 498 g/mol. The Bertz CT molecular complexity index is 1140. The van der Waals surface area contributed by atoms with Crippen molar-refractivity contribution < 1.29 is 14.0 Å². The van der Waals surface area contributed by atoms with E-state index in [-0.39, 0.29) is 0 Å². The first-order chi connectivity index (χ1) is 17.0. The van der Waals surface area contributed by atoms with E-state index in [2.05, 4.69) is 31.5 Å². The topological polar surface area (TPSA) is 91.9 Å². The number of likely N-dealkylation sites (tertiary alicyclic amines) is 1. The molecule has 6 rings (SSSR count). The summed E-state index contributed by atoms with van der Waals surface area (Å²) in [5.41, 5.74) is 4.55. The predicted molar refractivity (Wildman–Crippen MR) is 138 cm³/mol. The Kier molecular flexibility index (Phi) is 6.21. The van der Waals surface area contributed by atoms with E-state index in [1.54, 1.807) is 13.3 Å². The number of aromatic nitrogens is 2. The third kappa shape index (κ3) is 4.55. The molecule has 0 unspecified atom stereocenters. The predicted octanol–water partition coefficient (Wildman–Crippen LogP) is 2.35. The van der Waals surface area contributed by atoms with Crippen molar-refractivity contribution in [3.63, 3.8) is 0 Å². The van der Waals surface area contributed by atoms with E-state index in [4.69, 9.17) is 14.5 Å². The Morgan fingerprint density at radius 1 is 1.11 bits per heavy atom. The summed E-state index contributed by atoms with van der Waals surface area (Å²) in [7, 11) is -2.68. The van der Waals surface area contributed by atoms with Gasteiger partial charge in [-0.15, -0.1) is 0 Å². The highest BCUT2D eigenvalue weighted by atomic mass is 31.2. The summed E-state index contributed by atoms with van der Waals surface area (Å²) in [5, 5.41) is 6.92. The van der Waals surface area contributed by atoms with Gasteiger partial charge >= 0.3 is 0 Å². The molecule has 10 heteroatoms. The molecule has 0 aliphatic carbocycles. The maximum Gasteiger partial charge on any atom is 0.172 e. The van der Waals surface area contributed by atoms with Gasteiger partial charge in [0, 0.05) is 55.7 Å². The van der Waals surface area contributed by atoms with Crippen LogP contribution in [0.5, 0.6) is 5.75 Å². The molecule has 4 aliphatic heterocycles. The third-order valence-corrected chi connectivity index (χ3v) is 9.03. The maximum atomic E-state index is 13.4. The van der Waals surface area contributed by atoms with E-state index in [1.807, 2.05) is 12.3 Å². The molecule has 0 bridgehead atoms. The lowest BCUT2D eigenvalue weighted by Crippen LogP contribution is -2.58. The number of piperidine rings is 1. The Morgan fingerprint density at radius 3 is 2.57 bits per heavy atom. The largest absolute Gasteiger partial charge is 0.484 e. The van der Waals surface area contributed by atoms with Crippen molar-refractivity contribution >= 4 is 29.8 Å². The molecule has 2 N–H and O–H groups in total. The maximum absolute atomic E-state index is 13.4. The molecule has 0 atom stereocenters. The van der Waals surface area contributed by atoms with Crippen molar-refractivity contribution in [3.8, 4) is 5.75 Å². The van der Waals surface area contributed by atoms with E-state index in [1.165, 1.54) is 0 Å². The van der Waals surface area contributed by atoms with Crippen LogP contribution in [0, 0.1) is 0 Å². The summed E-state index contributed by atoms with van der Waals surface area (Å²) in [6.07, 6.45) is 3.98. The van der Waals surface area contributed by atoms with Gasteiger partial charge in [0.15, 0.2) is 5.75 Å². The van der Waals surface area contributed by atoms with E-state index in [0.29, 0.717) is 43.0 Å². The van der Waals surface area contributed by atoms with Crippen molar-refractivity contribution in [2.75, 3.05) is 76.0 Å². The summed E-state index contributed by atoms with van der Waals surface area (Å²) >= 11 is 0. The van der Waals surface area contributed by atoms with Crippen LogP contribution in [0.2, 0.25) is 0 Å². The van der Waals surface area contributed by atoms with Crippen LogP contribution in [-0.2, 0) is 15.9 Å². The number of anilines is 3. The molecule has 0 saturated carbocycles. The van der Waals surface area contributed by atoms with E-state index in [0.717, 1.165) is 80.6 Å². The van der Waals surface area contributed by atoms with Crippen LogP contribution >= 0.6 is 7.14 Å². The minimum absolute atomic E-state index is 0.354. The molecular weight excluding hydrogens is 463 g/mol. The van der Waals surface area contributed by atoms with E-state index < -0.39 is 7.14 Å². The minimum atomic E-state index is -2.68. The Balaban J connectivity index is 1.32. The van der Waals surface area contributed by atoms with Crippen LogP contribution < -0.4 is 25.7 Å². The second kappa shape index (κ2) is 9.36. The van der Waals surface area contributed by atoms with Gasteiger partial charge in [-0.3, -0.25) is 4.90 Å². The van der Waals surface area contributed by atoms with Crippen LogP contribution in [0.1, 0.15) is 30.0 Å². The molecule has 0 amide bonds. The van der Waals surface area contributed by atoms with Crippen molar-refractivity contribution in [3.05, 3.63) is 29.6 Å². The fourth-order valence-electron chi connectivity index (χ4n) is 5.55. The first-order valence-corrected chi connectivity index (χ1v) is 15.3. The molecule has 6 heterocycles. The van der Waals surface area contributed by atoms with Crippen LogP contribution in [0.15, 0.2) is 18.3 Å². The van der Waals surface area contributed by atoms with Gasteiger partial charge in [-0.05, 0) is 51.4 Å². The number of fused-ring (bicyclic) bond motifs is 2. The molecule has 0 aromatic carbocycles. The molecule has 2 aromatic rings. The average molecular weight is 499 g/mol. The number of ether oxygens (including phenoxy) is 2. The quantitative estimate of drug-likeness (QED) is 0.617. The van der Waals surface area contributed by atoms with Crippen LogP contribution in [0.25, 0.3) is 0 Å². The molecule has 0 spiro atoms. The Morgan fingerprint density at radius 2 is 1.89 bits per heavy atom. The van der Waals surface area contributed by atoms with Crippen LogP contribution in [-0.4, -0.2) is 86.7 Å². The van der Waals surface area contributed by atoms with E-state index >= 15 is 0 Å². The zero-order valence-corrected chi connectivity index (χ0v) is 21.5.